The first-order chi connectivity index (χ1) is 7.41. The van der Waals surface area contributed by atoms with Gasteiger partial charge in [0.15, 0.2) is 8.69 Å². The molecule has 0 saturated carbocycles. The van der Waals surface area contributed by atoms with Crippen LogP contribution in [0.25, 0.3) is 0 Å². The molecule has 0 aromatic carbocycles. The van der Waals surface area contributed by atoms with Gasteiger partial charge in [0.1, 0.15) is 0 Å². The van der Waals surface area contributed by atoms with Gasteiger partial charge in [-0.1, -0.05) is 64.7 Å². The topological polar surface area (TPSA) is 26.3 Å². The van der Waals surface area contributed by atoms with E-state index in [1.54, 1.807) is 0 Å². The SMILES string of the molecule is CCCCCCCCCCCCO[PH2]=O. The largest absolute Gasteiger partial charge is 0.332 e. The van der Waals surface area contributed by atoms with Gasteiger partial charge in [0.25, 0.3) is 0 Å². The highest BCUT2D eigenvalue weighted by Gasteiger charge is 1.92. The third kappa shape index (κ3) is 14.2. The molecule has 0 saturated heterocycles. The van der Waals surface area contributed by atoms with Crippen molar-refractivity contribution in [1.82, 2.24) is 0 Å². The lowest BCUT2D eigenvalue weighted by molar-refractivity contribution is 0.328. The summed E-state index contributed by atoms with van der Waals surface area (Å²) in [4.78, 5) is 0. The predicted molar refractivity (Wildman–Crippen MR) is 68.2 cm³/mol. The Morgan fingerprint density at radius 1 is 0.800 bits per heavy atom. The summed E-state index contributed by atoms with van der Waals surface area (Å²) in [5.74, 6) is 0. The molecule has 3 heteroatoms. The first-order valence-electron chi connectivity index (χ1n) is 6.47. The molecule has 0 amide bonds. The second-order valence-corrected chi connectivity index (χ2v) is 4.67. The monoisotopic (exact) mass is 234 g/mol. The average molecular weight is 234 g/mol. The van der Waals surface area contributed by atoms with Gasteiger partial charge in [0.2, 0.25) is 0 Å². The summed E-state index contributed by atoms with van der Waals surface area (Å²) in [6.07, 6.45) is 13.3. The van der Waals surface area contributed by atoms with Crippen LogP contribution >= 0.6 is 8.69 Å². The molecule has 15 heavy (non-hydrogen) atoms. The Balaban J connectivity index is 2.83. The number of unbranched alkanes of at least 4 members (excludes halogenated alkanes) is 9. The maximum absolute atomic E-state index is 10.1. The van der Waals surface area contributed by atoms with E-state index in [9.17, 15) is 4.57 Å². The maximum Gasteiger partial charge on any atom is 0.179 e. The van der Waals surface area contributed by atoms with Gasteiger partial charge < -0.3 is 4.52 Å². The molecule has 0 aromatic heterocycles. The molecular formula is C12H27O2P. The minimum Gasteiger partial charge on any atom is -0.332 e. The summed E-state index contributed by atoms with van der Waals surface area (Å²) in [5.41, 5.74) is 0. The zero-order valence-corrected chi connectivity index (χ0v) is 11.3. The average Bonchev–Trinajstić information content (AvgIpc) is 2.26. The first kappa shape index (κ1) is 15.2. The fourth-order valence-electron chi connectivity index (χ4n) is 1.72. The highest BCUT2D eigenvalue weighted by atomic mass is 31.1. The highest BCUT2D eigenvalue weighted by Crippen LogP contribution is 2.10. The molecule has 0 spiro atoms. The number of rotatable bonds is 12. The van der Waals surface area contributed by atoms with Crippen LogP contribution in [0.1, 0.15) is 71.1 Å². The van der Waals surface area contributed by atoms with Crippen molar-refractivity contribution in [3.63, 3.8) is 0 Å². The van der Waals surface area contributed by atoms with E-state index < -0.39 is 8.69 Å². The summed E-state index contributed by atoms with van der Waals surface area (Å²) in [5, 5.41) is 0. The summed E-state index contributed by atoms with van der Waals surface area (Å²) >= 11 is 0. The molecule has 0 rings (SSSR count). The normalized spacial score (nSPS) is 11.5. The van der Waals surface area contributed by atoms with E-state index in [4.69, 9.17) is 4.52 Å². The van der Waals surface area contributed by atoms with Gasteiger partial charge in [0.05, 0.1) is 6.61 Å². The van der Waals surface area contributed by atoms with Crippen LogP contribution < -0.4 is 0 Å². The fraction of sp³-hybridized carbons (Fsp3) is 1.00. The van der Waals surface area contributed by atoms with Crippen LogP contribution in [0.4, 0.5) is 0 Å². The lowest BCUT2D eigenvalue weighted by Crippen LogP contribution is -1.85. The van der Waals surface area contributed by atoms with E-state index in [1.807, 2.05) is 0 Å². The molecule has 0 aliphatic heterocycles. The zero-order chi connectivity index (χ0) is 11.2. The standard InChI is InChI=1S/C12H27O2P/c1-2-3-4-5-6-7-8-9-10-11-12-14-15-13/h2-12,15H2,1H3. The van der Waals surface area contributed by atoms with Crippen molar-refractivity contribution in [3.05, 3.63) is 0 Å². The smallest absolute Gasteiger partial charge is 0.179 e. The minimum absolute atomic E-state index is 0.690. The first-order valence-corrected chi connectivity index (χ1v) is 7.41. The maximum atomic E-state index is 10.1. The highest BCUT2D eigenvalue weighted by molar-refractivity contribution is 7.17. The van der Waals surface area contributed by atoms with Gasteiger partial charge in [0, 0.05) is 0 Å². The van der Waals surface area contributed by atoms with Crippen molar-refractivity contribution in [2.24, 2.45) is 0 Å². The van der Waals surface area contributed by atoms with Crippen LogP contribution in [-0.4, -0.2) is 6.61 Å². The van der Waals surface area contributed by atoms with Crippen molar-refractivity contribution >= 4 is 8.69 Å². The second-order valence-electron chi connectivity index (χ2n) is 4.15. The van der Waals surface area contributed by atoms with E-state index in [-0.39, 0.29) is 0 Å². The predicted octanol–water partition coefficient (Wildman–Crippen LogP) is 4.60. The lowest BCUT2D eigenvalue weighted by Gasteiger charge is -2.01. The van der Waals surface area contributed by atoms with E-state index in [0.717, 1.165) is 6.42 Å². The second kappa shape index (κ2) is 14.2. The van der Waals surface area contributed by atoms with Crippen LogP contribution in [0, 0.1) is 0 Å². The van der Waals surface area contributed by atoms with Crippen molar-refractivity contribution < 1.29 is 9.09 Å². The van der Waals surface area contributed by atoms with Gasteiger partial charge in [-0.25, -0.2) is 0 Å². The van der Waals surface area contributed by atoms with Crippen molar-refractivity contribution in [1.29, 1.82) is 0 Å². The van der Waals surface area contributed by atoms with Crippen LogP contribution in [0.3, 0.4) is 0 Å². The van der Waals surface area contributed by atoms with Crippen LogP contribution in [-0.2, 0) is 9.09 Å². The summed E-state index contributed by atoms with van der Waals surface area (Å²) in [6, 6.07) is 0. The lowest BCUT2D eigenvalue weighted by atomic mass is 10.1. The summed E-state index contributed by atoms with van der Waals surface area (Å²) in [7, 11) is -0.986. The van der Waals surface area contributed by atoms with Gasteiger partial charge in [-0.2, -0.15) is 0 Å². The zero-order valence-electron chi connectivity index (χ0n) is 10.2. The number of hydrogen-bond acceptors (Lipinski definition) is 2. The van der Waals surface area contributed by atoms with Gasteiger partial charge in [-0.3, -0.25) is 4.57 Å². The minimum atomic E-state index is -0.986. The summed E-state index contributed by atoms with van der Waals surface area (Å²) in [6.45, 7) is 2.95. The molecule has 0 bridgehead atoms. The van der Waals surface area contributed by atoms with E-state index >= 15 is 0 Å². The molecule has 0 N–H and O–H groups in total. The molecule has 0 aromatic rings. The molecular weight excluding hydrogens is 207 g/mol. The Kier molecular flexibility index (Phi) is 14.4. The molecule has 0 fully saturated rings. The Morgan fingerprint density at radius 2 is 1.27 bits per heavy atom. The molecule has 0 heterocycles. The molecule has 0 aliphatic rings. The van der Waals surface area contributed by atoms with Crippen LogP contribution in [0.2, 0.25) is 0 Å². The third-order valence-corrected chi connectivity index (χ3v) is 3.06. The van der Waals surface area contributed by atoms with Gasteiger partial charge in [-0.15, -0.1) is 0 Å². The van der Waals surface area contributed by atoms with Crippen LogP contribution in [0.5, 0.6) is 0 Å². The Bertz CT molecular complexity index is 129. The Hall–Kier alpha value is 0.190. The van der Waals surface area contributed by atoms with E-state index in [0.29, 0.717) is 6.61 Å². The fourth-order valence-corrected chi connectivity index (χ4v) is 1.98. The quantitative estimate of drug-likeness (QED) is 0.364. The Labute approximate surface area is 96.1 Å². The van der Waals surface area contributed by atoms with E-state index in [2.05, 4.69) is 6.92 Å². The molecule has 0 aliphatic carbocycles. The molecule has 1 atom stereocenters. The van der Waals surface area contributed by atoms with Crippen molar-refractivity contribution in [2.75, 3.05) is 6.61 Å². The molecule has 0 radical (unpaired) electrons. The molecule has 92 valence electrons. The molecule has 1 unspecified atom stereocenters. The van der Waals surface area contributed by atoms with Crippen molar-refractivity contribution in [3.8, 4) is 0 Å². The third-order valence-electron chi connectivity index (χ3n) is 2.68. The van der Waals surface area contributed by atoms with E-state index in [1.165, 1.54) is 57.8 Å². The van der Waals surface area contributed by atoms with Gasteiger partial charge in [-0.05, 0) is 6.42 Å². The van der Waals surface area contributed by atoms with Crippen LogP contribution in [0.15, 0.2) is 0 Å². The Morgan fingerprint density at radius 3 is 1.73 bits per heavy atom. The number of hydrogen-bond donors (Lipinski definition) is 0. The van der Waals surface area contributed by atoms with Crippen molar-refractivity contribution in [2.45, 2.75) is 71.1 Å². The molecule has 2 nitrogen and oxygen atoms in total. The van der Waals surface area contributed by atoms with Gasteiger partial charge >= 0.3 is 0 Å². The summed E-state index contributed by atoms with van der Waals surface area (Å²) < 4.78 is 14.9.